The Morgan fingerprint density at radius 1 is 1.09 bits per heavy atom. The number of nitrogens with one attached hydrogen (secondary N) is 1. The molecule has 1 N–H and O–H groups in total. The first-order chi connectivity index (χ1) is 11.1. The second-order valence-corrected chi connectivity index (χ2v) is 6.02. The van der Waals surface area contributed by atoms with Crippen LogP contribution >= 0.6 is 11.6 Å². The first-order valence-corrected chi connectivity index (χ1v) is 8.30. The lowest BCUT2D eigenvalue weighted by Crippen LogP contribution is -2.28. The Labute approximate surface area is 143 Å². The molecule has 0 spiro atoms. The number of rotatable bonds is 8. The average Bonchev–Trinajstić information content (AvgIpc) is 2.59. The zero-order valence-corrected chi connectivity index (χ0v) is 14.2. The number of hydrogen-bond acceptors (Lipinski definition) is 2. The van der Waals surface area contributed by atoms with Crippen molar-refractivity contribution in [3.05, 3.63) is 65.2 Å². The van der Waals surface area contributed by atoms with E-state index in [-0.39, 0.29) is 5.91 Å². The van der Waals surface area contributed by atoms with Gasteiger partial charge in [0.05, 0.1) is 0 Å². The molecule has 2 aromatic rings. The van der Waals surface area contributed by atoms with Gasteiger partial charge in [-0.05, 0) is 42.7 Å². The molecule has 0 saturated carbocycles. The van der Waals surface area contributed by atoms with Crippen LogP contribution in [0.4, 0.5) is 5.69 Å². The van der Waals surface area contributed by atoms with Crippen LogP contribution in [0.2, 0.25) is 5.02 Å². The molecule has 2 rings (SSSR count). The van der Waals surface area contributed by atoms with Crippen LogP contribution in [-0.2, 0) is 11.2 Å². The van der Waals surface area contributed by atoms with Gasteiger partial charge in [-0.15, -0.1) is 0 Å². The monoisotopic (exact) mass is 330 g/mol. The third-order valence-electron chi connectivity index (χ3n) is 3.74. The van der Waals surface area contributed by atoms with Crippen molar-refractivity contribution in [3.63, 3.8) is 0 Å². The van der Waals surface area contributed by atoms with Crippen molar-refractivity contribution >= 4 is 23.2 Å². The number of carbonyl (C=O) groups is 1. The number of amides is 1. The maximum absolute atomic E-state index is 11.8. The number of anilines is 1. The Bertz CT molecular complexity index is 599. The van der Waals surface area contributed by atoms with Crippen molar-refractivity contribution in [2.45, 2.75) is 19.3 Å². The molecule has 1 amide bonds. The summed E-state index contributed by atoms with van der Waals surface area (Å²) >= 11 is 5.85. The van der Waals surface area contributed by atoms with E-state index < -0.39 is 0 Å². The van der Waals surface area contributed by atoms with E-state index in [4.69, 9.17) is 11.6 Å². The van der Waals surface area contributed by atoms with Crippen LogP contribution in [0.15, 0.2) is 54.6 Å². The minimum atomic E-state index is 0.0994. The lowest BCUT2D eigenvalue weighted by molar-refractivity contribution is -0.121. The Hall–Kier alpha value is -2.00. The van der Waals surface area contributed by atoms with Gasteiger partial charge >= 0.3 is 0 Å². The van der Waals surface area contributed by atoms with Crippen LogP contribution in [0.1, 0.15) is 18.4 Å². The van der Waals surface area contributed by atoms with E-state index in [0.717, 1.165) is 30.0 Å². The molecule has 2 aromatic carbocycles. The molecule has 0 fully saturated rings. The summed E-state index contributed by atoms with van der Waals surface area (Å²) < 4.78 is 0. The predicted octanol–water partition coefficient (Wildman–Crippen LogP) is 3.92. The van der Waals surface area contributed by atoms with E-state index in [0.29, 0.717) is 13.0 Å². The fraction of sp³-hybridized carbons (Fsp3) is 0.316. The highest BCUT2D eigenvalue weighted by Gasteiger charge is 2.03. The molecule has 0 aliphatic heterocycles. The summed E-state index contributed by atoms with van der Waals surface area (Å²) in [6, 6.07) is 17.9. The maximum Gasteiger partial charge on any atom is 0.220 e. The number of benzene rings is 2. The summed E-state index contributed by atoms with van der Waals surface area (Å²) in [5.41, 5.74) is 2.33. The highest BCUT2D eigenvalue weighted by molar-refractivity contribution is 6.30. The minimum Gasteiger partial charge on any atom is -0.375 e. The summed E-state index contributed by atoms with van der Waals surface area (Å²) in [5.74, 6) is 0.0994. The Morgan fingerprint density at radius 2 is 1.78 bits per heavy atom. The molecule has 0 heterocycles. The SMILES string of the molecule is CN(CCCNC(=O)CCc1ccc(Cl)cc1)c1ccccc1. The van der Waals surface area contributed by atoms with Gasteiger partial charge in [0.25, 0.3) is 0 Å². The van der Waals surface area contributed by atoms with Crippen molar-refractivity contribution in [2.24, 2.45) is 0 Å². The molecule has 0 aromatic heterocycles. The van der Waals surface area contributed by atoms with Gasteiger partial charge in [-0.3, -0.25) is 4.79 Å². The molecule has 3 nitrogen and oxygen atoms in total. The van der Waals surface area contributed by atoms with Crippen LogP contribution in [-0.4, -0.2) is 26.0 Å². The van der Waals surface area contributed by atoms with Crippen LogP contribution < -0.4 is 10.2 Å². The number of nitrogens with zero attached hydrogens (tertiary/aromatic N) is 1. The number of halogens is 1. The normalized spacial score (nSPS) is 10.3. The number of hydrogen-bond donors (Lipinski definition) is 1. The number of para-hydroxylation sites is 1. The summed E-state index contributed by atoms with van der Waals surface area (Å²) in [4.78, 5) is 14.0. The molecule has 122 valence electrons. The first-order valence-electron chi connectivity index (χ1n) is 7.92. The molecule has 0 saturated heterocycles. The molecular weight excluding hydrogens is 308 g/mol. The molecule has 0 aliphatic carbocycles. The first kappa shape index (κ1) is 17.4. The zero-order valence-electron chi connectivity index (χ0n) is 13.5. The van der Waals surface area contributed by atoms with Gasteiger partial charge in [0.2, 0.25) is 5.91 Å². The van der Waals surface area contributed by atoms with Crippen LogP contribution in [0.5, 0.6) is 0 Å². The minimum absolute atomic E-state index is 0.0994. The molecular formula is C19H23ClN2O. The number of carbonyl (C=O) groups excluding carboxylic acids is 1. The third-order valence-corrected chi connectivity index (χ3v) is 4.00. The van der Waals surface area contributed by atoms with Gasteiger partial charge in [-0.2, -0.15) is 0 Å². The molecule has 0 atom stereocenters. The van der Waals surface area contributed by atoms with E-state index >= 15 is 0 Å². The quantitative estimate of drug-likeness (QED) is 0.744. The van der Waals surface area contributed by atoms with Crippen LogP contribution in [0.25, 0.3) is 0 Å². The second-order valence-electron chi connectivity index (χ2n) is 5.59. The summed E-state index contributed by atoms with van der Waals surface area (Å²) in [6.07, 6.45) is 2.18. The lowest BCUT2D eigenvalue weighted by atomic mass is 10.1. The molecule has 0 unspecified atom stereocenters. The van der Waals surface area contributed by atoms with Gasteiger partial charge in [-0.1, -0.05) is 41.9 Å². The Balaban J connectivity index is 1.60. The highest BCUT2D eigenvalue weighted by Crippen LogP contribution is 2.11. The van der Waals surface area contributed by atoms with E-state index in [1.54, 1.807) is 0 Å². The van der Waals surface area contributed by atoms with Gasteiger partial charge < -0.3 is 10.2 Å². The maximum atomic E-state index is 11.8. The third kappa shape index (κ3) is 6.33. The van der Waals surface area contributed by atoms with E-state index in [1.807, 2.05) is 42.5 Å². The van der Waals surface area contributed by atoms with E-state index in [1.165, 1.54) is 5.69 Å². The molecule has 4 heteroatoms. The largest absolute Gasteiger partial charge is 0.375 e. The Kier molecular flexibility index (Phi) is 6.95. The van der Waals surface area contributed by atoms with Crippen LogP contribution in [0.3, 0.4) is 0 Å². The number of aryl methyl sites for hydroxylation is 1. The zero-order chi connectivity index (χ0) is 16.5. The van der Waals surface area contributed by atoms with Gasteiger partial charge in [0, 0.05) is 37.3 Å². The van der Waals surface area contributed by atoms with Gasteiger partial charge in [-0.25, -0.2) is 0 Å². The average molecular weight is 331 g/mol. The van der Waals surface area contributed by atoms with Gasteiger partial charge in [0.1, 0.15) is 0 Å². The van der Waals surface area contributed by atoms with Crippen LogP contribution in [0, 0.1) is 0 Å². The standard InChI is InChI=1S/C19H23ClN2O/c1-22(18-6-3-2-4-7-18)15-5-14-21-19(23)13-10-16-8-11-17(20)12-9-16/h2-4,6-9,11-12H,5,10,13-15H2,1H3,(H,21,23). The van der Waals surface area contributed by atoms with E-state index in [9.17, 15) is 4.79 Å². The molecule has 0 radical (unpaired) electrons. The van der Waals surface area contributed by atoms with Crippen molar-refractivity contribution in [3.8, 4) is 0 Å². The molecule has 23 heavy (non-hydrogen) atoms. The van der Waals surface area contributed by atoms with Crippen molar-refractivity contribution in [1.82, 2.24) is 5.32 Å². The summed E-state index contributed by atoms with van der Waals surface area (Å²) in [5, 5.41) is 3.70. The van der Waals surface area contributed by atoms with Gasteiger partial charge in [0.15, 0.2) is 0 Å². The second kappa shape index (κ2) is 9.21. The fourth-order valence-electron chi connectivity index (χ4n) is 2.35. The molecule has 0 aliphatic rings. The fourth-order valence-corrected chi connectivity index (χ4v) is 2.48. The highest BCUT2D eigenvalue weighted by atomic mass is 35.5. The smallest absolute Gasteiger partial charge is 0.220 e. The summed E-state index contributed by atoms with van der Waals surface area (Å²) in [6.45, 7) is 1.62. The van der Waals surface area contributed by atoms with Crippen molar-refractivity contribution in [2.75, 3.05) is 25.0 Å². The summed E-state index contributed by atoms with van der Waals surface area (Å²) in [7, 11) is 2.07. The Morgan fingerprint density at radius 3 is 2.48 bits per heavy atom. The van der Waals surface area contributed by atoms with Crippen molar-refractivity contribution < 1.29 is 4.79 Å². The lowest BCUT2D eigenvalue weighted by Gasteiger charge is -2.19. The topological polar surface area (TPSA) is 32.3 Å². The predicted molar refractivity (Wildman–Crippen MR) is 97.1 cm³/mol. The molecule has 0 bridgehead atoms. The van der Waals surface area contributed by atoms with E-state index in [2.05, 4.69) is 29.4 Å². The van der Waals surface area contributed by atoms with Crippen molar-refractivity contribution in [1.29, 1.82) is 0 Å².